The maximum absolute atomic E-state index is 4.36. The zero-order valence-corrected chi connectivity index (χ0v) is 8.73. The Balaban J connectivity index is 1.87. The molecule has 0 saturated heterocycles. The molecule has 0 N–H and O–H groups in total. The maximum atomic E-state index is 4.36. The zero-order valence-electron chi connectivity index (χ0n) is 8.73. The Morgan fingerprint density at radius 3 is 1.54 bits per heavy atom. The van der Waals surface area contributed by atoms with Gasteiger partial charge >= 0.3 is 0 Å². The second kappa shape index (κ2) is 4.30. The molecule has 0 spiro atoms. The van der Waals surface area contributed by atoms with Gasteiger partial charge in [0.15, 0.2) is 0 Å². The van der Waals surface area contributed by atoms with Crippen LogP contribution in [0.5, 0.6) is 0 Å². The first-order chi connectivity index (χ1) is 6.38. The molecule has 0 heterocycles. The molecule has 2 aliphatic rings. The van der Waals surface area contributed by atoms with E-state index in [0.717, 1.165) is 11.8 Å². The van der Waals surface area contributed by atoms with E-state index in [4.69, 9.17) is 0 Å². The molecule has 0 amide bonds. The molecule has 0 radical (unpaired) electrons. The number of hydrogen-bond donors (Lipinski definition) is 0. The van der Waals surface area contributed by atoms with E-state index < -0.39 is 0 Å². The normalized spacial score (nSPS) is 26.5. The van der Waals surface area contributed by atoms with Gasteiger partial charge in [-0.05, 0) is 37.5 Å². The monoisotopic (exact) mass is 178 g/mol. The molecular formula is C13H22. The lowest BCUT2D eigenvalue weighted by Crippen LogP contribution is -2.13. The van der Waals surface area contributed by atoms with Crippen LogP contribution in [0.1, 0.15) is 57.8 Å². The SMILES string of the molecule is C=C(C1CCCCC1)C1CCCC1. The summed E-state index contributed by atoms with van der Waals surface area (Å²) in [6.07, 6.45) is 13.0. The van der Waals surface area contributed by atoms with Gasteiger partial charge in [-0.1, -0.05) is 44.3 Å². The summed E-state index contributed by atoms with van der Waals surface area (Å²) in [5.41, 5.74) is 1.62. The van der Waals surface area contributed by atoms with Crippen LogP contribution in [-0.4, -0.2) is 0 Å². The van der Waals surface area contributed by atoms with Crippen molar-refractivity contribution in [1.82, 2.24) is 0 Å². The lowest BCUT2D eigenvalue weighted by molar-refractivity contribution is 0.373. The minimum Gasteiger partial charge on any atom is -0.0993 e. The Hall–Kier alpha value is -0.260. The van der Waals surface area contributed by atoms with Gasteiger partial charge < -0.3 is 0 Å². The van der Waals surface area contributed by atoms with E-state index in [9.17, 15) is 0 Å². The van der Waals surface area contributed by atoms with Gasteiger partial charge in [0.1, 0.15) is 0 Å². The molecule has 0 bridgehead atoms. The van der Waals surface area contributed by atoms with Crippen molar-refractivity contribution in [2.45, 2.75) is 57.8 Å². The van der Waals surface area contributed by atoms with Crippen molar-refractivity contribution < 1.29 is 0 Å². The molecule has 0 unspecified atom stereocenters. The average molecular weight is 178 g/mol. The van der Waals surface area contributed by atoms with Crippen molar-refractivity contribution in [2.24, 2.45) is 11.8 Å². The molecule has 74 valence electrons. The van der Waals surface area contributed by atoms with Crippen LogP contribution < -0.4 is 0 Å². The minimum absolute atomic E-state index is 0.900. The lowest BCUT2D eigenvalue weighted by Gasteiger charge is -2.27. The maximum Gasteiger partial charge on any atom is -0.0203 e. The van der Waals surface area contributed by atoms with E-state index >= 15 is 0 Å². The van der Waals surface area contributed by atoms with Crippen LogP contribution in [0.2, 0.25) is 0 Å². The van der Waals surface area contributed by atoms with E-state index in [-0.39, 0.29) is 0 Å². The number of allylic oxidation sites excluding steroid dienone is 1. The van der Waals surface area contributed by atoms with Crippen molar-refractivity contribution in [2.75, 3.05) is 0 Å². The summed E-state index contributed by atoms with van der Waals surface area (Å²) in [5, 5.41) is 0. The van der Waals surface area contributed by atoms with Gasteiger partial charge in [0.25, 0.3) is 0 Å². The summed E-state index contributed by atoms with van der Waals surface area (Å²) in [7, 11) is 0. The van der Waals surface area contributed by atoms with Gasteiger partial charge in [0, 0.05) is 0 Å². The fourth-order valence-corrected chi connectivity index (χ4v) is 3.10. The van der Waals surface area contributed by atoms with Crippen molar-refractivity contribution in [3.8, 4) is 0 Å². The summed E-state index contributed by atoms with van der Waals surface area (Å²) in [6.45, 7) is 4.36. The smallest absolute Gasteiger partial charge is 0.0203 e. The van der Waals surface area contributed by atoms with Crippen molar-refractivity contribution >= 4 is 0 Å². The van der Waals surface area contributed by atoms with Crippen LogP contribution in [0.3, 0.4) is 0 Å². The predicted octanol–water partition coefficient (Wildman–Crippen LogP) is 4.31. The highest BCUT2D eigenvalue weighted by Crippen LogP contribution is 2.39. The Morgan fingerprint density at radius 1 is 0.692 bits per heavy atom. The van der Waals surface area contributed by atoms with Crippen LogP contribution in [0.4, 0.5) is 0 Å². The van der Waals surface area contributed by atoms with Crippen LogP contribution >= 0.6 is 0 Å². The van der Waals surface area contributed by atoms with Crippen molar-refractivity contribution in [3.63, 3.8) is 0 Å². The molecule has 0 aromatic carbocycles. The van der Waals surface area contributed by atoms with Gasteiger partial charge in [0.05, 0.1) is 0 Å². The first kappa shape index (κ1) is 9.30. The molecule has 0 aromatic heterocycles. The molecule has 0 heteroatoms. The first-order valence-corrected chi connectivity index (χ1v) is 6.06. The van der Waals surface area contributed by atoms with E-state index in [1.165, 1.54) is 57.8 Å². The third-order valence-corrected chi connectivity index (χ3v) is 4.01. The minimum atomic E-state index is 0.900. The van der Waals surface area contributed by atoms with Gasteiger partial charge in [-0.2, -0.15) is 0 Å². The highest BCUT2D eigenvalue weighted by atomic mass is 14.3. The summed E-state index contributed by atoms with van der Waals surface area (Å²) >= 11 is 0. The van der Waals surface area contributed by atoms with Crippen molar-refractivity contribution in [3.05, 3.63) is 12.2 Å². The summed E-state index contributed by atoms with van der Waals surface area (Å²) in [4.78, 5) is 0. The standard InChI is InChI=1S/C13H22/c1-11(13-9-5-6-10-13)12-7-3-2-4-8-12/h12-13H,1-10H2. The lowest BCUT2D eigenvalue weighted by atomic mass is 9.79. The second-order valence-corrected chi connectivity index (χ2v) is 4.89. The average Bonchev–Trinajstić information content (AvgIpc) is 2.71. The van der Waals surface area contributed by atoms with Crippen LogP contribution in [0.25, 0.3) is 0 Å². The highest BCUT2D eigenvalue weighted by molar-refractivity contribution is 5.08. The molecule has 2 aliphatic carbocycles. The van der Waals surface area contributed by atoms with Crippen molar-refractivity contribution in [1.29, 1.82) is 0 Å². The molecule has 2 saturated carbocycles. The summed E-state index contributed by atoms with van der Waals surface area (Å²) in [6, 6.07) is 0. The summed E-state index contributed by atoms with van der Waals surface area (Å²) in [5.74, 6) is 1.81. The quantitative estimate of drug-likeness (QED) is 0.553. The molecule has 2 fully saturated rings. The fourth-order valence-electron chi connectivity index (χ4n) is 3.10. The molecule has 0 nitrogen and oxygen atoms in total. The van der Waals surface area contributed by atoms with Gasteiger partial charge in [-0.25, -0.2) is 0 Å². The molecule has 2 rings (SSSR count). The molecule has 13 heavy (non-hydrogen) atoms. The number of hydrogen-bond acceptors (Lipinski definition) is 0. The second-order valence-electron chi connectivity index (χ2n) is 4.89. The predicted molar refractivity (Wildman–Crippen MR) is 57.7 cm³/mol. The molecule has 0 atom stereocenters. The van der Waals surface area contributed by atoms with Crippen LogP contribution in [0.15, 0.2) is 12.2 Å². The Kier molecular flexibility index (Phi) is 3.08. The molecule has 0 aliphatic heterocycles. The topological polar surface area (TPSA) is 0 Å². The van der Waals surface area contributed by atoms with E-state index in [1.54, 1.807) is 5.57 Å². The van der Waals surface area contributed by atoms with E-state index in [2.05, 4.69) is 6.58 Å². The largest absolute Gasteiger partial charge is 0.0993 e. The van der Waals surface area contributed by atoms with E-state index in [0.29, 0.717) is 0 Å². The molecular weight excluding hydrogens is 156 g/mol. The number of rotatable bonds is 2. The third kappa shape index (κ3) is 2.15. The van der Waals surface area contributed by atoms with Gasteiger partial charge in [0.2, 0.25) is 0 Å². The van der Waals surface area contributed by atoms with Crippen LogP contribution in [-0.2, 0) is 0 Å². The third-order valence-electron chi connectivity index (χ3n) is 4.01. The Morgan fingerprint density at radius 2 is 1.08 bits per heavy atom. The van der Waals surface area contributed by atoms with Gasteiger partial charge in [-0.3, -0.25) is 0 Å². The molecule has 0 aromatic rings. The zero-order chi connectivity index (χ0) is 9.10. The Labute approximate surface area is 82.4 Å². The fraction of sp³-hybridized carbons (Fsp3) is 0.846. The highest BCUT2D eigenvalue weighted by Gasteiger charge is 2.24. The van der Waals surface area contributed by atoms with Crippen LogP contribution in [0, 0.1) is 11.8 Å². The summed E-state index contributed by atoms with van der Waals surface area (Å²) < 4.78 is 0. The van der Waals surface area contributed by atoms with E-state index in [1.807, 2.05) is 0 Å². The first-order valence-electron chi connectivity index (χ1n) is 6.06. The Bertz CT molecular complexity index is 168. The van der Waals surface area contributed by atoms with Gasteiger partial charge in [-0.15, -0.1) is 0 Å².